The van der Waals surface area contributed by atoms with Crippen molar-refractivity contribution in [3.8, 4) is 5.75 Å². The molecule has 0 aliphatic heterocycles. The third kappa shape index (κ3) is 4.77. The van der Waals surface area contributed by atoms with E-state index in [9.17, 15) is 18.0 Å². The number of aryl methyl sites for hydroxylation is 1. The van der Waals surface area contributed by atoms with Gasteiger partial charge in [0.15, 0.2) is 6.73 Å². The summed E-state index contributed by atoms with van der Waals surface area (Å²) in [4.78, 5) is 21.8. The molecule has 0 amide bonds. The van der Waals surface area contributed by atoms with Crippen molar-refractivity contribution in [2.24, 2.45) is 0 Å². The van der Waals surface area contributed by atoms with Crippen molar-refractivity contribution in [3.63, 3.8) is 0 Å². The van der Waals surface area contributed by atoms with Gasteiger partial charge in [-0.3, -0.25) is 9.59 Å². The third-order valence-corrected chi connectivity index (χ3v) is 6.53. The highest BCUT2D eigenvalue weighted by Gasteiger charge is 2.27. The summed E-state index contributed by atoms with van der Waals surface area (Å²) >= 11 is 0. The average molecular weight is 443 g/mol. The number of ether oxygens (including phenoxy) is 2. The minimum Gasteiger partial charge on any atom is -0.497 e. The van der Waals surface area contributed by atoms with Crippen molar-refractivity contribution in [1.29, 1.82) is 0 Å². The highest BCUT2D eigenvalue weighted by atomic mass is 32.2. The number of nitrogens with zero attached hydrogens (tertiary/aromatic N) is 1. The van der Waals surface area contributed by atoms with Crippen molar-refractivity contribution in [1.82, 2.24) is 0 Å². The van der Waals surface area contributed by atoms with E-state index in [1.165, 1.54) is 31.4 Å². The molecule has 0 atom stereocenters. The number of hydrogen-bond acceptors (Lipinski definition) is 6. The van der Waals surface area contributed by atoms with Crippen LogP contribution in [0.5, 0.6) is 5.75 Å². The molecule has 0 aliphatic rings. The van der Waals surface area contributed by atoms with Crippen molar-refractivity contribution >= 4 is 38.9 Å². The normalized spacial score (nSPS) is 11.1. The van der Waals surface area contributed by atoms with E-state index in [1.807, 2.05) is 0 Å². The van der Waals surface area contributed by atoms with Crippen LogP contribution in [0.2, 0.25) is 0 Å². The van der Waals surface area contributed by atoms with E-state index in [0.29, 0.717) is 23.2 Å². The molecule has 3 rings (SSSR count). The molecule has 0 bridgehead atoms. The van der Waals surface area contributed by atoms with E-state index in [0.717, 1.165) is 15.3 Å². The highest BCUT2D eigenvalue weighted by Crippen LogP contribution is 2.33. The lowest BCUT2D eigenvalue weighted by Crippen LogP contribution is -2.33. The van der Waals surface area contributed by atoms with Gasteiger partial charge in [0.05, 0.1) is 17.7 Å². The maximum absolute atomic E-state index is 13.4. The lowest BCUT2D eigenvalue weighted by molar-refractivity contribution is -0.137. The number of carbonyl (C=O) groups is 2. The zero-order valence-corrected chi connectivity index (χ0v) is 17.5. The van der Waals surface area contributed by atoms with Gasteiger partial charge in [0.25, 0.3) is 16.5 Å². The number of aliphatic carboxylic acids is 1. The van der Waals surface area contributed by atoms with E-state index < -0.39 is 22.7 Å². The van der Waals surface area contributed by atoms with E-state index in [-0.39, 0.29) is 17.8 Å². The quantitative estimate of drug-likeness (QED) is 0.378. The molecule has 3 aromatic rings. The van der Waals surface area contributed by atoms with E-state index in [4.69, 9.17) is 14.6 Å². The Bertz CT molecular complexity index is 1190. The first-order chi connectivity index (χ1) is 14.9. The summed E-state index contributed by atoms with van der Waals surface area (Å²) in [5.41, 5.74) is 1.09. The van der Waals surface area contributed by atoms with Gasteiger partial charge < -0.3 is 14.6 Å². The van der Waals surface area contributed by atoms with Crippen LogP contribution < -0.4 is 9.04 Å². The largest absolute Gasteiger partial charge is 0.497 e. The minimum absolute atomic E-state index is 0.00170. The average Bonchev–Trinajstić information content (AvgIpc) is 2.78. The Morgan fingerprint density at radius 1 is 1.03 bits per heavy atom. The number of carboxylic acids is 1. The standard InChI is InChI=1S/C22H21NO7S/c1-29-17-8-10-18(11-9-17)31(27,28)23(14-30-15-24)21-12-6-16(7-13-22(25)26)19-4-2-3-5-20(19)21/h2-6,8-12,15H,7,13-14H2,1H3,(H,25,26). The Labute approximate surface area is 179 Å². The number of sulfonamides is 1. The fourth-order valence-electron chi connectivity index (χ4n) is 3.26. The fourth-order valence-corrected chi connectivity index (χ4v) is 4.62. The zero-order chi connectivity index (χ0) is 22.4. The van der Waals surface area contributed by atoms with Gasteiger partial charge in [-0.25, -0.2) is 12.7 Å². The van der Waals surface area contributed by atoms with Crippen LogP contribution in [0.25, 0.3) is 10.8 Å². The zero-order valence-electron chi connectivity index (χ0n) is 16.7. The molecular weight excluding hydrogens is 422 g/mol. The van der Waals surface area contributed by atoms with Crippen LogP contribution in [0.3, 0.4) is 0 Å². The smallest absolute Gasteiger partial charge is 0.303 e. The molecule has 0 spiro atoms. The number of carboxylic acid groups (broad SMARTS) is 1. The van der Waals surface area contributed by atoms with Crippen LogP contribution in [0.1, 0.15) is 12.0 Å². The monoisotopic (exact) mass is 443 g/mol. The Balaban J connectivity index is 2.13. The third-order valence-electron chi connectivity index (χ3n) is 4.78. The molecule has 0 saturated carbocycles. The van der Waals surface area contributed by atoms with Crippen molar-refractivity contribution in [3.05, 3.63) is 66.2 Å². The number of hydrogen-bond donors (Lipinski definition) is 1. The predicted molar refractivity (Wildman–Crippen MR) is 115 cm³/mol. The second kappa shape index (κ2) is 9.48. The fraction of sp³-hybridized carbons (Fsp3) is 0.182. The molecule has 0 aliphatic carbocycles. The number of fused-ring (bicyclic) bond motifs is 1. The number of carbonyl (C=O) groups excluding carboxylic acids is 1. The maximum atomic E-state index is 13.4. The molecule has 0 radical (unpaired) electrons. The molecule has 162 valence electrons. The van der Waals surface area contributed by atoms with E-state index >= 15 is 0 Å². The highest BCUT2D eigenvalue weighted by molar-refractivity contribution is 7.92. The molecule has 0 heterocycles. The summed E-state index contributed by atoms with van der Waals surface area (Å²) in [5.74, 6) is -0.417. The SMILES string of the molecule is COc1ccc(S(=O)(=O)N(COC=O)c2ccc(CCC(=O)O)c3ccccc23)cc1. The molecule has 31 heavy (non-hydrogen) atoms. The lowest BCUT2D eigenvalue weighted by atomic mass is 9.99. The Kier molecular flexibility index (Phi) is 6.76. The molecule has 8 nitrogen and oxygen atoms in total. The van der Waals surface area contributed by atoms with E-state index in [2.05, 4.69) is 0 Å². The lowest BCUT2D eigenvalue weighted by Gasteiger charge is -2.25. The Morgan fingerprint density at radius 2 is 1.71 bits per heavy atom. The second-order valence-corrected chi connectivity index (χ2v) is 8.47. The van der Waals surface area contributed by atoms with Crippen LogP contribution in [-0.4, -0.2) is 39.8 Å². The molecule has 0 aromatic heterocycles. The van der Waals surface area contributed by atoms with Crippen molar-refractivity contribution in [2.45, 2.75) is 17.7 Å². The minimum atomic E-state index is -4.08. The van der Waals surface area contributed by atoms with Crippen LogP contribution in [0.15, 0.2) is 65.6 Å². The molecule has 0 saturated heterocycles. The number of benzene rings is 3. The second-order valence-electron chi connectivity index (χ2n) is 6.60. The molecule has 0 fully saturated rings. The number of rotatable bonds is 10. The van der Waals surface area contributed by atoms with Crippen LogP contribution in [0.4, 0.5) is 5.69 Å². The first-order valence-electron chi connectivity index (χ1n) is 9.33. The van der Waals surface area contributed by atoms with Gasteiger partial charge in [-0.05, 0) is 47.7 Å². The van der Waals surface area contributed by atoms with Gasteiger partial charge >= 0.3 is 5.97 Å². The summed E-state index contributed by atoms with van der Waals surface area (Å²) in [6.45, 7) is -0.337. The number of anilines is 1. The maximum Gasteiger partial charge on any atom is 0.303 e. The van der Waals surface area contributed by atoms with E-state index in [1.54, 1.807) is 36.4 Å². The Morgan fingerprint density at radius 3 is 2.32 bits per heavy atom. The molecular formula is C22H21NO7S. The Hall–Kier alpha value is -3.59. The van der Waals surface area contributed by atoms with Crippen molar-refractivity contribution in [2.75, 3.05) is 18.1 Å². The van der Waals surface area contributed by atoms with Gasteiger partial charge in [-0.15, -0.1) is 0 Å². The summed E-state index contributed by atoms with van der Waals surface area (Å²) in [7, 11) is -2.60. The van der Waals surface area contributed by atoms with Crippen molar-refractivity contribution < 1.29 is 32.6 Å². The summed E-state index contributed by atoms with van der Waals surface area (Å²) in [6, 6.07) is 16.2. The van der Waals surface area contributed by atoms with Gasteiger partial charge in [-0.2, -0.15) is 0 Å². The summed E-state index contributed by atoms with van der Waals surface area (Å²) in [5, 5.41) is 10.3. The first-order valence-corrected chi connectivity index (χ1v) is 10.8. The van der Waals surface area contributed by atoms with Crippen LogP contribution >= 0.6 is 0 Å². The topological polar surface area (TPSA) is 110 Å². The van der Waals surface area contributed by atoms with Crippen LogP contribution in [0, 0.1) is 0 Å². The van der Waals surface area contributed by atoms with Gasteiger partial charge in [0, 0.05) is 11.8 Å². The van der Waals surface area contributed by atoms with Gasteiger partial charge in [0.1, 0.15) is 5.75 Å². The van der Waals surface area contributed by atoms with Crippen LogP contribution in [-0.2, 0) is 30.8 Å². The molecule has 9 heteroatoms. The number of methoxy groups -OCH3 is 1. The van der Waals surface area contributed by atoms with Gasteiger partial charge in [0.2, 0.25) is 0 Å². The first kappa shape index (κ1) is 22.1. The summed E-state index contributed by atoms with van der Waals surface area (Å²) in [6.07, 6.45) is 0.248. The molecule has 1 N–H and O–H groups in total. The van der Waals surface area contributed by atoms with Gasteiger partial charge in [-0.1, -0.05) is 30.3 Å². The molecule has 3 aromatic carbocycles. The molecule has 0 unspecified atom stereocenters. The predicted octanol–water partition coefficient (Wildman–Crippen LogP) is 3.19. The summed E-state index contributed by atoms with van der Waals surface area (Å²) < 4.78 is 37.7.